The Bertz CT molecular complexity index is 799. The van der Waals surface area contributed by atoms with Crippen molar-refractivity contribution in [1.82, 2.24) is 5.32 Å². The second-order valence-electron chi connectivity index (χ2n) is 4.61. The largest absolute Gasteiger partial charge is 0.368 e. The zero-order valence-corrected chi connectivity index (χ0v) is 12.7. The molecule has 1 aliphatic rings. The van der Waals surface area contributed by atoms with Crippen LogP contribution in [-0.4, -0.2) is 27.3 Å². The summed E-state index contributed by atoms with van der Waals surface area (Å²) in [6.45, 7) is 1.38. The van der Waals surface area contributed by atoms with E-state index in [1.807, 2.05) is 0 Å². The number of nitrogens with one attached hydrogen (secondary N) is 1. The van der Waals surface area contributed by atoms with E-state index >= 15 is 0 Å². The molecule has 6 heteroatoms. The van der Waals surface area contributed by atoms with Gasteiger partial charge >= 0.3 is 0 Å². The van der Waals surface area contributed by atoms with Gasteiger partial charge in [0.15, 0.2) is 0 Å². The Labute approximate surface area is 128 Å². The average Bonchev–Trinajstić information content (AvgIpc) is 3.02. The maximum atomic E-state index is 12.8. The molecular weight excluding hydrogens is 308 g/mol. The molecule has 2 aromatic rings. The van der Waals surface area contributed by atoms with E-state index in [0.717, 1.165) is 6.54 Å². The molecule has 108 valence electrons. The summed E-state index contributed by atoms with van der Waals surface area (Å²) in [6.07, 6.45) is 0. The minimum atomic E-state index is -3.60. The van der Waals surface area contributed by atoms with Gasteiger partial charge in [-0.1, -0.05) is 23.7 Å². The summed E-state index contributed by atoms with van der Waals surface area (Å²) in [6, 6.07) is 13.0. The predicted molar refractivity (Wildman–Crippen MR) is 82.8 cm³/mol. The van der Waals surface area contributed by atoms with E-state index in [0.29, 0.717) is 23.0 Å². The van der Waals surface area contributed by atoms with Crippen LogP contribution < -0.4 is 5.32 Å². The molecule has 0 unspecified atom stereocenters. The molecule has 0 bridgehead atoms. The Morgan fingerprint density at radius 3 is 2.43 bits per heavy atom. The van der Waals surface area contributed by atoms with Gasteiger partial charge in [-0.25, -0.2) is 8.42 Å². The fourth-order valence-corrected chi connectivity index (χ4v) is 3.80. The van der Waals surface area contributed by atoms with Crippen LogP contribution in [0.5, 0.6) is 0 Å². The van der Waals surface area contributed by atoms with Crippen LogP contribution in [0.25, 0.3) is 0 Å². The fraction of sp³-hybridized carbons (Fsp3) is 0.133. The number of amidine groups is 1. The van der Waals surface area contributed by atoms with Gasteiger partial charge in [-0.2, -0.15) is 0 Å². The number of hydrogen-bond donors (Lipinski definition) is 1. The van der Waals surface area contributed by atoms with E-state index in [2.05, 4.69) is 10.3 Å². The molecule has 0 spiro atoms. The van der Waals surface area contributed by atoms with E-state index in [1.54, 1.807) is 36.4 Å². The Balaban J connectivity index is 2.13. The molecule has 0 amide bonds. The summed E-state index contributed by atoms with van der Waals surface area (Å²) in [7, 11) is -3.60. The first-order valence-corrected chi connectivity index (χ1v) is 8.33. The van der Waals surface area contributed by atoms with Gasteiger partial charge in [0.05, 0.1) is 16.3 Å². The lowest BCUT2D eigenvalue weighted by Crippen LogP contribution is -2.22. The highest BCUT2D eigenvalue weighted by molar-refractivity contribution is 7.91. The lowest BCUT2D eigenvalue weighted by molar-refractivity contribution is 0.596. The maximum absolute atomic E-state index is 12.8. The van der Waals surface area contributed by atoms with Crippen molar-refractivity contribution in [3.63, 3.8) is 0 Å². The molecule has 2 aromatic carbocycles. The van der Waals surface area contributed by atoms with Gasteiger partial charge in [-0.05, 0) is 36.4 Å². The summed E-state index contributed by atoms with van der Waals surface area (Å²) < 4.78 is 25.6. The summed E-state index contributed by atoms with van der Waals surface area (Å²) in [4.78, 5) is 4.78. The van der Waals surface area contributed by atoms with E-state index in [4.69, 9.17) is 11.6 Å². The van der Waals surface area contributed by atoms with Gasteiger partial charge in [0.2, 0.25) is 9.84 Å². The lowest BCUT2D eigenvalue weighted by Gasteiger charge is -2.11. The highest BCUT2D eigenvalue weighted by atomic mass is 35.5. The van der Waals surface area contributed by atoms with Gasteiger partial charge in [-0.3, -0.25) is 4.99 Å². The summed E-state index contributed by atoms with van der Waals surface area (Å²) >= 11 is 5.82. The van der Waals surface area contributed by atoms with Gasteiger partial charge in [0, 0.05) is 17.1 Å². The van der Waals surface area contributed by atoms with Crippen LogP contribution in [0, 0.1) is 0 Å². The Kier molecular flexibility index (Phi) is 3.69. The highest BCUT2D eigenvalue weighted by Gasteiger charge is 2.23. The van der Waals surface area contributed by atoms with Crippen molar-refractivity contribution in [2.45, 2.75) is 9.79 Å². The number of hydrogen-bond acceptors (Lipinski definition) is 4. The van der Waals surface area contributed by atoms with Crippen molar-refractivity contribution in [2.24, 2.45) is 4.99 Å². The van der Waals surface area contributed by atoms with Crippen molar-refractivity contribution >= 4 is 27.3 Å². The smallest absolute Gasteiger partial charge is 0.207 e. The normalized spacial score (nSPS) is 14.6. The van der Waals surface area contributed by atoms with E-state index in [9.17, 15) is 8.42 Å². The predicted octanol–water partition coefficient (Wildman–Crippen LogP) is 2.52. The third kappa shape index (κ3) is 2.66. The Hall–Kier alpha value is -1.85. The van der Waals surface area contributed by atoms with Crippen LogP contribution >= 0.6 is 11.6 Å². The van der Waals surface area contributed by atoms with Gasteiger partial charge in [-0.15, -0.1) is 0 Å². The molecule has 0 radical (unpaired) electrons. The van der Waals surface area contributed by atoms with Crippen LogP contribution in [0.4, 0.5) is 0 Å². The van der Waals surface area contributed by atoms with Crippen LogP contribution in [0.3, 0.4) is 0 Å². The number of sulfone groups is 1. The Morgan fingerprint density at radius 1 is 1.05 bits per heavy atom. The van der Waals surface area contributed by atoms with Crippen molar-refractivity contribution in [2.75, 3.05) is 13.1 Å². The van der Waals surface area contributed by atoms with E-state index < -0.39 is 9.84 Å². The molecule has 0 aliphatic carbocycles. The first kappa shape index (κ1) is 14.1. The van der Waals surface area contributed by atoms with Crippen LogP contribution in [0.1, 0.15) is 5.56 Å². The molecule has 0 aromatic heterocycles. The molecule has 3 rings (SSSR count). The quantitative estimate of drug-likeness (QED) is 0.945. The second-order valence-corrected chi connectivity index (χ2v) is 6.97. The SMILES string of the molecule is O=S(=O)(c1ccc(Cl)cc1)c1ccccc1C1=NCCN1. The van der Waals surface area contributed by atoms with Crippen molar-refractivity contribution < 1.29 is 8.42 Å². The molecule has 0 fully saturated rings. The van der Waals surface area contributed by atoms with Crippen LogP contribution in [-0.2, 0) is 9.84 Å². The number of aliphatic imine (C=N–C) groups is 1. The van der Waals surface area contributed by atoms with Gasteiger partial charge in [0.1, 0.15) is 5.84 Å². The summed E-state index contributed by atoms with van der Waals surface area (Å²) in [5, 5.41) is 3.61. The summed E-state index contributed by atoms with van der Waals surface area (Å²) in [5.74, 6) is 0.628. The first-order chi connectivity index (χ1) is 10.1. The zero-order chi connectivity index (χ0) is 14.9. The minimum absolute atomic E-state index is 0.220. The van der Waals surface area contributed by atoms with Crippen LogP contribution in [0.15, 0.2) is 63.3 Å². The number of nitrogens with zero attached hydrogens (tertiary/aromatic N) is 1. The molecule has 1 heterocycles. The third-order valence-corrected chi connectivity index (χ3v) is 5.31. The third-order valence-electron chi connectivity index (χ3n) is 3.23. The fourth-order valence-electron chi connectivity index (χ4n) is 2.22. The topological polar surface area (TPSA) is 58.5 Å². The molecule has 0 saturated carbocycles. The molecule has 21 heavy (non-hydrogen) atoms. The monoisotopic (exact) mass is 320 g/mol. The van der Waals surface area contributed by atoms with Crippen molar-refractivity contribution in [3.8, 4) is 0 Å². The summed E-state index contributed by atoms with van der Waals surface area (Å²) in [5.41, 5.74) is 0.602. The molecular formula is C15H13ClN2O2S. The Morgan fingerprint density at radius 2 is 1.76 bits per heavy atom. The van der Waals surface area contributed by atoms with E-state index in [-0.39, 0.29) is 9.79 Å². The molecule has 4 nitrogen and oxygen atoms in total. The molecule has 1 aliphatic heterocycles. The molecule has 1 N–H and O–H groups in total. The van der Waals surface area contributed by atoms with Gasteiger partial charge in [0.25, 0.3) is 0 Å². The number of rotatable bonds is 3. The van der Waals surface area contributed by atoms with Gasteiger partial charge < -0.3 is 5.32 Å². The maximum Gasteiger partial charge on any atom is 0.207 e. The highest BCUT2D eigenvalue weighted by Crippen LogP contribution is 2.25. The zero-order valence-electron chi connectivity index (χ0n) is 11.1. The number of benzene rings is 2. The standard InChI is InChI=1S/C15H13ClN2O2S/c16-11-5-7-12(8-6-11)21(19,20)14-4-2-1-3-13(14)15-17-9-10-18-15/h1-8H,9-10H2,(H,17,18). The lowest BCUT2D eigenvalue weighted by atomic mass is 10.2. The first-order valence-electron chi connectivity index (χ1n) is 6.47. The minimum Gasteiger partial charge on any atom is -0.368 e. The molecule has 0 atom stereocenters. The van der Waals surface area contributed by atoms with Crippen molar-refractivity contribution in [3.05, 3.63) is 59.1 Å². The van der Waals surface area contributed by atoms with Crippen molar-refractivity contribution in [1.29, 1.82) is 0 Å². The number of halogens is 1. The molecule has 0 saturated heterocycles. The average molecular weight is 321 g/mol. The van der Waals surface area contributed by atoms with E-state index in [1.165, 1.54) is 12.1 Å². The van der Waals surface area contributed by atoms with Crippen LogP contribution in [0.2, 0.25) is 5.02 Å². The second kappa shape index (κ2) is 5.50.